The van der Waals surface area contributed by atoms with Gasteiger partial charge < -0.3 is 10.1 Å². The van der Waals surface area contributed by atoms with Crippen molar-refractivity contribution in [1.82, 2.24) is 30.3 Å². The molecule has 2 aromatic carbocycles. The van der Waals surface area contributed by atoms with E-state index in [1.54, 1.807) is 11.8 Å². The minimum absolute atomic E-state index is 0.283. The molecule has 0 aliphatic rings. The van der Waals surface area contributed by atoms with Crippen molar-refractivity contribution in [2.75, 3.05) is 7.11 Å². The van der Waals surface area contributed by atoms with E-state index >= 15 is 0 Å². The van der Waals surface area contributed by atoms with Gasteiger partial charge in [0.25, 0.3) is 5.91 Å². The third-order valence-electron chi connectivity index (χ3n) is 5.17. The van der Waals surface area contributed by atoms with E-state index in [1.165, 1.54) is 11.8 Å². The molecular weight excluding hydrogens is 448 g/mol. The summed E-state index contributed by atoms with van der Waals surface area (Å²) in [5.74, 6) is 0.921. The molecule has 1 N–H and O–H groups in total. The average molecular weight is 475 g/mol. The second-order valence-corrected chi connectivity index (χ2v) is 8.83. The van der Waals surface area contributed by atoms with Crippen molar-refractivity contribution in [3.63, 3.8) is 0 Å². The Balaban J connectivity index is 1.58. The van der Waals surface area contributed by atoms with E-state index in [1.807, 2.05) is 75.4 Å². The highest BCUT2D eigenvalue weighted by Gasteiger charge is 2.21. The Bertz CT molecular complexity index is 1270. The van der Waals surface area contributed by atoms with Gasteiger partial charge in [0, 0.05) is 23.7 Å². The molecule has 0 aliphatic carbocycles. The largest absolute Gasteiger partial charge is 0.497 e. The predicted molar refractivity (Wildman–Crippen MR) is 131 cm³/mol. The molecule has 9 heteroatoms. The number of nitrogens with zero attached hydrogens (tertiary/aromatic N) is 5. The summed E-state index contributed by atoms with van der Waals surface area (Å²) in [6, 6.07) is 17.4. The van der Waals surface area contributed by atoms with E-state index in [4.69, 9.17) is 4.74 Å². The van der Waals surface area contributed by atoms with E-state index in [2.05, 4.69) is 25.6 Å². The van der Waals surface area contributed by atoms with Gasteiger partial charge in [0.1, 0.15) is 5.75 Å². The van der Waals surface area contributed by atoms with E-state index < -0.39 is 0 Å². The SMILES string of the molecule is COc1ccc(CNC(=O)c2nnn(-c3ccc(C)cc3)c2CSc2nc(C)cc(C)n2)cc1. The van der Waals surface area contributed by atoms with Gasteiger partial charge in [-0.2, -0.15) is 0 Å². The summed E-state index contributed by atoms with van der Waals surface area (Å²) in [6.45, 7) is 6.27. The Morgan fingerprint density at radius 2 is 1.68 bits per heavy atom. The number of hydrogen-bond donors (Lipinski definition) is 1. The number of aromatic nitrogens is 5. The first-order valence-electron chi connectivity index (χ1n) is 10.8. The minimum Gasteiger partial charge on any atom is -0.497 e. The summed E-state index contributed by atoms with van der Waals surface area (Å²) in [7, 11) is 1.62. The zero-order chi connectivity index (χ0) is 24.1. The number of hydrogen-bond acceptors (Lipinski definition) is 7. The van der Waals surface area contributed by atoms with Crippen LogP contribution in [0.25, 0.3) is 5.69 Å². The molecule has 0 fully saturated rings. The van der Waals surface area contributed by atoms with Crippen molar-refractivity contribution in [1.29, 1.82) is 0 Å². The number of amides is 1. The van der Waals surface area contributed by atoms with Gasteiger partial charge in [-0.1, -0.05) is 46.8 Å². The summed E-state index contributed by atoms with van der Waals surface area (Å²) in [6.07, 6.45) is 0. The number of ether oxygens (including phenoxy) is 1. The molecular formula is C25H26N6O2S. The quantitative estimate of drug-likeness (QED) is 0.302. The molecule has 34 heavy (non-hydrogen) atoms. The summed E-state index contributed by atoms with van der Waals surface area (Å²) in [5.41, 5.74) is 5.70. The zero-order valence-corrected chi connectivity index (χ0v) is 20.4. The first kappa shape index (κ1) is 23.4. The molecule has 2 heterocycles. The van der Waals surface area contributed by atoms with Gasteiger partial charge >= 0.3 is 0 Å². The van der Waals surface area contributed by atoms with Crippen molar-refractivity contribution in [3.8, 4) is 11.4 Å². The van der Waals surface area contributed by atoms with E-state index in [-0.39, 0.29) is 11.6 Å². The first-order chi connectivity index (χ1) is 16.4. The Morgan fingerprint density at radius 1 is 1.00 bits per heavy atom. The molecule has 8 nitrogen and oxygen atoms in total. The molecule has 0 aliphatic heterocycles. The van der Waals surface area contributed by atoms with Gasteiger partial charge in [-0.25, -0.2) is 14.6 Å². The molecule has 0 saturated heterocycles. The third kappa shape index (κ3) is 5.60. The Hall–Kier alpha value is -3.72. The Kier molecular flexibility index (Phi) is 7.22. The highest BCUT2D eigenvalue weighted by Crippen LogP contribution is 2.24. The monoisotopic (exact) mass is 474 g/mol. The van der Waals surface area contributed by atoms with Gasteiger partial charge in [-0.05, 0) is 56.7 Å². The van der Waals surface area contributed by atoms with Crippen LogP contribution in [0.3, 0.4) is 0 Å². The van der Waals surface area contributed by atoms with Crippen molar-refractivity contribution < 1.29 is 9.53 Å². The lowest BCUT2D eigenvalue weighted by Gasteiger charge is -2.09. The molecule has 0 atom stereocenters. The lowest BCUT2D eigenvalue weighted by Crippen LogP contribution is -2.24. The number of rotatable bonds is 8. The molecule has 174 valence electrons. The highest BCUT2D eigenvalue weighted by molar-refractivity contribution is 7.98. The van der Waals surface area contributed by atoms with Gasteiger partial charge in [0.15, 0.2) is 10.9 Å². The number of nitrogens with one attached hydrogen (secondary N) is 1. The van der Waals surface area contributed by atoms with Crippen LogP contribution in [0, 0.1) is 20.8 Å². The smallest absolute Gasteiger partial charge is 0.274 e. The maximum Gasteiger partial charge on any atom is 0.274 e. The maximum atomic E-state index is 13.1. The number of benzene rings is 2. The van der Waals surface area contributed by atoms with Gasteiger partial charge in [0.2, 0.25) is 0 Å². The fraction of sp³-hybridized carbons (Fsp3) is 0.240. The summed E-state index contributed by atoms with van der Waals surface area (Å²) in [5, 5.41) is 12.1. The van der Waals surface area contributed by atoms with Crippen LogP contribution in [-0.2, 0) is 12.3 Å². The zero-order valence-electron chi connectivity index (χ0n) is 19.6. The fourth-order valence-electron chi connectivity index (χ4n) is 3.40. The normalized spacial score (nSPS) is 10.8. The second kappa shape index (κ2) is 10.5. The fourth-order valence-corrected chi connectivity index (χ4v) is 4.34. The summed E-state index contributed by atoms with van der Waals surface area (Å²) >= 11 is 1.45. The van der Waals surface area contributed by atoms with E-state index in [0.29, 0.717) is 23.1 Å². The minimum atomic E-state index is -0.286. The number of methoxy groups -OCH3 is 1. The lowest BCUT2D eigenvalue weighted by atomic mass is 10.2. The third-order valence-corrected chi connectivity index (χ3v) is 6.03. The maximum absolute atomic E-state index is 13.1. The molecule has 2 aromatic heterocycles. The molecule has 0 radical (unpaired) electrons. The van der Waals surface area contributed by atoms with Gasteiger partial charge in [0.05, 0.1) is 18.5 Å². The molecule has 0 saturated carbocycles. The van der Waals surface area contributed by atoms with Crippen molar-refractivity contribution >= 4 is 17.7 Å². The average Bonchev–Trinajstić information content (AvgIpc) is 3.25. The Morgan fingerprint density at radius 3 is 2.32 bits per heavy atom. The van der Waals surface area contributed by atoms with Crippen LogP contribution in [0.5, 0.6) is 5.75 Å². The molecule has 0 unspecified atom stereocenters. The second-order valence-electron chi connectivity index (χ2n) is 7.88. The predicted octanol–water partition coefficient (Wildman–Crippen LogP) is 4.21. The molecule has 1 amide bonds. The topological polar surface area (TPSA) is 94.8 Å². The van der Waals surface area contributed by atoms with Crippen LogP contribution < -0.4 is 10.1 Å². The van der Waals surface area contributed by atoms with Crippen LogP contribution in [0.15, 0.2) is 59.8 Å². The van der Waals surface area contributed by atoms with Crippen LogP contribution in [0.1, 0.15) is 38.7 Å². The van der Waals surface area contributed by atoms with Crippen LogP contribution in [-0.4, -0.2) is 38.0 Å². The molecule has 4 rings (SSSR count). The van der Waals surface area contributed by atoms with Crippen molar-refractivity contribution in [3.05, 3.63) is 88.5 Å². The summed E-state index contributed by atoms with van der Waals surface area (Å²) < 4.78 is 6.89. The van der Waals surface area contributed by atoms with E-state index in [9.17, 15) is 4.79 Å². The first-order valence-corrected chi connectivity index (χ1v) is 11.8. The van der Waals surface area contributed by atoms with Gasteiger partial charge in [-0.15, -0.1) is 5.10 Å². The Labute approximate surface area is 202 Å². The van der Waals surface area contributed by atoms with Crippen LogP contribution >= 0.6 is 11.8 Å². The molecule has 4 aromatic rings. The van der Waals surface area contributed by atoms with E-state index in [0.717, 1.165) is 34.0 Å². The van der Waals surface area contributed by atoms with Crippen LogP contribution in [0.2, 0.25) is 0 Å². The number of thioether (sulfide) groups is 1. The van der Waals surface area contributed by atoms with Crippen molar-refractivity contribution in [2.45, 2.75) is 38.2 Å². The van der Waals surface area contributed by atoms with Gasteiger partial charge in [-0.3, -0.25) is 4.79 Å². The molecule has 0 spiro atoms. The summed E-state index contributed by atoms with van der Waals surface area (Å²) in [4.78, 5) is 22.1. The number of aryl methyl sites for hydroxylation is 3. The van der Waals surface area contributed by atoms with Crippen molar-refractivity contribution in [2.24, 2.45) is 0 Å². The number of carbonyl (C=O) groups excluding carboxylic acids is 1. The van der Waals surface area contributed by atoms with Crippen LogP contribution in [0.4, 0.5) is 0 Å². The highest BCUT2D eigenvalue weighted by atomic mass is 32.2. The standard InChI is InChI=1S/C25H26N6O2S/c1-16-5-9-20(10-6-16)31-22(15-34-25-27-17(2)13-18(3)28-25)23(29-30-31)24(32)26-14-19-7-11-21(33-4)12-8-19/h5-13H,14-15H2,1-4H3,(H,26,32). The lowest BCUT2D eigenvalue weighted by molar-refractivity contribution is 0.0945. The molecule has 0 bridgehead atoms. The number of carbonyl (C=O) groups is 1.